The van der Waals surface area contributed by atoms with E-state index in [1.807, 2.05) is 0 Å². The highest BCUT2D eigenvalue weighted by molar-refractivity contribution is 5.83. The van der Waals surface area contributed by atoms with Gasteiger partial charge in [-0.15, -0.1) is 0 Å². The van der Waals surface area contributed by atoms with Crippen LogP contribution in [0.25, 0.3) is 0 Å². The molecule has 180 valence electrons. The van der Waals surface area contributed by atoms with Crippen molar-refractivity contribution in [3.63, 3.8) is 0 Å². The highest BCUT2D eigenvalue weighted by atomic mass is 16.5. The van der Waals surface area contributed by atoms with E-state index in [9.17, 15) is 20.1 Å². The molecule has 6 heteroatoms. The number of benzene rings is 2. The number of aliphatic hydroxyl groups excluding tert-OH is 1. The Morgan fingerprint density at radius 2 is 1.42 bits per heavy atom. The lowest BCUT2D eigenvalue weighted by Crippen LogP contribution is -2.35. The molecule has 2 aliphatic rings. The smallest absolute Gasteiger partial charge is 0.160 e. The van der Waals surface area contributed by atoms with Gasteiger partial charge >= 0.3 is 0 Å². The van der Waals surface area contributed by atoms with Gasteiger partial charge in [-0.2, -0.15) is 0 Å². The van der Waals surface area contributed by atoms with E-state index in [0.29, 0.717) is 16.9 Å². The molecule has 2 saturated carbocycles. The molecule has 33 heavy (non-hydrogen) atoms. The second-order valence-electron chi connectivity index (χ2n) is 10.0. The van der Waals surface area contributed by atoms with Crippen LogP contribution in [-0.2, 0) is 17.6 Å². The molecule has 3 N–H and O–H groups in total. The van der Waals surface area contributed by atoms with Gasteiger partial charge in [-0.05, 0) is 71.4 Å². The Balaban J connectivity index is 0.000000231. The number of phenolic OH excluding ortho intramolecular Hbond substituents is 2. The fourth-order valence-electron chi connectivity index (χ4n) is 5.34. The lowest BCUT2D eigenvalue weighted by molar-refractivity contribution is -0.117. The SMILES string of the molecule is CC1(C)C2CCC1(C)C(O)C2.COc1cc(CC(=O)Cc2ccc(O)c(OC)c2)ccc1O. The molecule has 2 bridgehead atoms. The maximum absolute atomic E-state index is 12.1. The van der Waals surface area contributed by atoms with Crippen LogP contribution in [0.5, 0.6) is 23.0 Å². The highest BCUT2D eigenvalue weighted by Gasteiger charge is 2.60. The van der Waals surface area contributed by atoms with Crippen LogP contribution in [0.15, 0.2) is 36.4 Å². The summed E-state index contributed by atoms with van der Waals surface area (Å²) in [7, 11) is 2.92. The summed E-state index contributed by atoms with van der Waals surface area (Å²) in [5.41, 5.74) is 2.14. The molecule has 0 radical (unpaired) electrons. The molecule has 2 aromatic rings. The van der Waals surface area contributed by atoms with E-state index in [4.69, 9.17) is 9.47 Å². The first-order valence-corrected chi connectivity index (χ1v) is 11.4. The molecule has 0 amide bonds. The fourth-order valence-corrected chi connectivity index (χ4v) is 5.34. The molecule has 4 rings (SSSR count). The number of hydrogen-bond donors (Lipinski definition) is 3. The molecule has 0 aromatic heterocycles. The number of aromatic hydroxyl groups is 2. The van der Waals surface area contributed by atoms with Crippen LogP contribution in [0.1, 0.15) is 51.2 Å². The van der Waals surface area contributed by atoms with Gasteiger partial charge in [0.2, 0.25) is 0 Å². The Kier molecular flexibility index (Phi) is 7.27. The van der Waals surface area contributed by atoms with Crippen LogP contribution >= 0.6 is 0 Å². The highest BCUT2D eigenvalue weighted by Crippen LogP contribution is 2.65. The number of Topliss-reactive ketones (excluding diaryl/α,β-unsaturated/α-hetero) is 1. The summed E-state index contributed by atoms with van der Waals surface area (Å²) in [4.78, 5) is 12.1. The van der Waals surface area contributed by atoms with E-state index in [1.54, 1.807) is 24.3 Å². The molecular formula is C27H36O6. The molecule has 6 nitrogen and oxygen atoms in total. The van der Waals surface area contributed by atoms with Crippen molar-refractivity contribution in [3.8, 4) is 23.0 Å². The molecule has 3 unspecified atom stereocenters. The molecule has 0 spiro atoms. The van der Waals surface area contributed by atoms with E-state index in [0.717, 1.165) is 23.5 Å². The maximum Gasteiger partial charge on any atom is 0.160 e. The second kappa shape index (κ2) is 9.64. The Bertz CT molecular complexity index is 941. The number of fused-ring (bicyclic) bond motifs is 2. The third kappa shape index (κ3) is 4.96. The topological polar surface area (TPSA) is 96.2 Å². The van der Waals surface area contributed by atoms with E-state index in [2.05, 4.69) is 20.8 Å². The number of rotatable bonds is 6. The lowest BCUT2D eigenvalue weighted by atomic mass is 9.70. The molecule has 3 atom stereocenters. The van der Waals surface area contributed by atoms with Crippen molar-refractivity contribution in [1.82, 2.24) is 0 Å². The number of carbonyl (C=O) groups excluding carboxylic acids is 1. The first-order valence-electron chi connectivity index (χ1n) is 11.4. The molecule has 0 heterocycles. The molecule has 2 fully saturated rings. The monoisotopic (exact) mass is 456 g/mol. The van der Waals surface area contributed by atoms with Gasteiger partial charge in [-0.1, -0.05) is 32.9 Å². The Labute approximate surface area is 196 Å². The van der Waals surface area contributed by atoms with Crippen molar-refractivity contribution in [2.45, 2.75) is 59.0 Å². The van der Waals surface area contributed by atoms with Gasteiger partial charge in [0.1, 0.15) is 5.78 Å². The van der Waals surface area contributed by atoms with Crippen molar-refractivity contribution in [3.05, 3.63) is 47.5 Å². The first-order chi connectivity index (χ1) is 15.5. The van der Waals surface area contributed by atoms with Gasteiger partial charge in [-0.3, -0.25) is 4.79 Å². The average Bonchev–Trinajstić information content (AvgIpc) is 3.10. The molecule has 0 saturated heterocycles. The van der Waals surface area contributed by atoms with Gasteiger partial charge in [0, 0.05) is 12.8 Å². The standard InChI is InChI=1S/C17H18O5.C10H18O/c1-21-16-9-11(3-5-14(16)19)7-13(18)8-12-4-6-15(20)17(10-12)22-2;1-9(2)7-4-5-10(9,3)8(11)6-7/h3-6,9-10,19-20H,7-8H2,1-2H3;7-8,11H,4-6H2,1-3H3. The third-order valence-electron chi connectivity index (χ3n) is 8.04. The zero-order valence-corrected chi connectivity index (χ0v) is 20.2. The summed E-state index contributed by atoms with van der Waals surface area (Å²) in [6, 6.07) is 9.67. The Morgan fingerprint density at radius 3 is 1.73 bits per heavy atom. The van der Waals surface area contributed by atoms with E-state index in [-0.39, 0.29) is 41.6 Å². The van der Waals surface area contributed by atoms with E-state index >= 15 is 0 Å². The summed E-state index contributed by atoms with van der Waals surface area (Å²) in [5, 5.41) is 28.9. The zero-order chi connectivity index (χ0) is 24.4. The number of carbonyl (C=O) groups is 1. The van der Waals surface area contributed by atoms with E-state index in [1.165, 1.54) is 39.2 Å². The summed E-state index contributed by atoms with van der Waals surface area (Å²) in [6.45, 7) is 6.90. The van der Waals surface area contributed by atoms with Crippen molar-refractivity contribution in [2.75, 3.05) is 14.2 Å². The van der Waals surface area contributed by atoms with Crippen molar-refractivity contribution in [1.29, 1.82) is 0 Å². The van der Waals surface area contributed by atoms with Crippen LogP contribution < -0.4 is 9.47 Å². The quantitative estimate of drug-likeness (QED) is 0.585. The van der Waals surface area contributed by atoms with Gasteiger partial charge in [0.05, 0.1) is 20.3 Å². The van der Waals surface area contributed by atoms with Gasteiger partial charge in [-0.25, -0.2) is 0 Å². The number of ketones is 1. The number of phenols is 2. The second-order valence-corrected chi connectivity index (χ2v) is 10.0. The first kappa shape index (κ1) is 24.9. The van der Waals surface area contributed by atoms with Crippen molar-refractivity contribution >= 4 is 5.78 Å². The lowest BCUT2D eigenvalue weighted by Gasteiger charge is -2.36. The predicted molar refractivity (Wildman–Crippen MR) is 127 cm³/mol. The summed E-state index contributed by atoms with van der Waals surface area (Å²) < 4.78 is 10.0. The van der Waals surface area contributed by atoms with Crippen LogP contribution in [0.3, 0.4) is 0 Å². The largest absolute Gasteiger partial charge is 0.504 e. The fraction of sp³-hybridized carbons (Fsp3) is 0.519. The normalized spacial score (nSPS) is 24.7. The number of methoxy groups -OCH3 is 2. The van der Waals surface area contributed by atoms with Gasteiger partial charge < -0.3 is 24.8 Å². The summed E-state index contributed by atoms with van der Waals surface area (Å²) >= 11 is 0. The van der Waals surface area contributed by atoms with Crippen LogP contribution in [0.4, 0.5) is 0 Å². The van der Waals surface area contributed by atoms with Crippen LogP contribution in [-0.4, -0.2) is 41.4 Å². The minimum Gasteiger partial charge on any atom is -0.504 e. The van der Waals surface area contributed by atoms with E-state index < -0.39 is 0 Å². The van der Waals surface area contributed by atoms with Gasteiger partial charge in [0.15, 0.2) is 23.0 Å². The predicted octanol–water partition coefficient (Wildman–Crippen LogP) is 4.66. The summed E-state index contributed by atoms with van der Waals surface area (Å²) in [6.07, 6.45) is 4.05. The van der Waals surface area contributed by atoms with Crippen LogP contribution in [0.2, 0.25) is 0 Å². The molecule has 0 aliphatic heterocycles. The number of hydrogen-bond acceptors (Lipinski definition) is 6. The molecule has 2 aromatic carbocycles. The van der Waals surface area contributed by atoms with Crippen LogP contribution in [0, 0.1) is 16.7 Å². The number of ether oxygens (including phenoxy) is 2. The third-order valence-corrected chi connectivity index (χ3v) is 8.04. The van der Waals surface area contributed by atoms with Gasteiger partial charge in [0.25, 0.3) is 0 Å². The maximum atomic E-state index is 12.1. The Hall–Kier alpha value is -2.73. The minimum atomic E-state index is -0.0313. The average molecular weight is 457 g/mol. The molecular weight excluding hydrogens is 420 g/mol. The minimum absolute atomic E-state index is 0.0143. The zero-order valence-electron chi connectivity index (χ0n) is 20.2. The van der Waals surface area contributed by atoms with Crippen molar-refractivity contribution in [2.24, 2.45) is 16.7 Å². The number of aliphatic hydroxyl groups is 1. The van der Waals surface area contributed by atoms with Crippen molar-refractivity contribution < 1.29 is 29.6 Å². The Morgan fingerprint density at radius 1 is 0.939 bits per heavy atom. The molecule has 2 aliphatic carbocycles. The summed E-state index contributed by atoms with van der Waals surface area (Å²) in [5.74, 6) is 1.57.